The third-order valence-electron chi connectivity index (χ3n) is 4.30. The van der Waals surface area contributed by atoms with Gasteiger partial charge in [0.1, 0.15) is 0 Å². The molecule has 0 radical (unpaired) electrons. The van der Waals surface area contributed by atoms with Gasteiger partial charge in [0.05, 0.1) is 11.0 Å². The zero-order chi connectivity index (χ0) is 14.8. The summed E-state index contributed by atoms with van der Waals surface area (Å²) in [6.45, 7) is 0.786. The molecule has 3 N–H and O–H groups in total. The third-order valence-corrected chi connectivity index (χ3v) is 4.50. The number of anilines is 1. The quantitative estimate of drug-likeness (QED) is 0.818. The van der Waals surface area contributed by atoms with Gasteiger partial charge in [0.15, 0.2) is 0 Å². The number of carbonyl (C=O) groups excluding carboxylic acids is 1. The molecule has 1 atom stereocenters. The summed E-state index contributed by atoms with van der Waals surface area (Å²) in [4.78, 5) is 15.4. The number of rotatable bonds is 5. The van der Waals surface area contributed by atoms with Gasteiger partial charge in [-0.15, -0.1) is 0 Å². The van der Waals surface area contributed by atoms with E-state index in [0.717, 1.165) is 25.1 Å². The summed E-state index contributed by atoms with van der Waals surface area (Å²) in [6.07, 6.45) is 4.82. The number of benzene rings is 1. The van der Waals surface area contributed by atoms with E-state index in [0.29, 0.717) is 17.5 Å². The van der Waals surface area contributed by atoms with Crippen molar-refractivity contribution in [3.63, 3.8) is 0 Å². The SMILES string of the molecule is NC(=S)CCN(C1CC1)C1CCc2ccccc2NC1=O. The molecular formula is C16H21N3OS. The van der Waals surface area contributed by atoms with Crippen molar-refractivity contribution in [2.45, 2.75) is 44.2 Å². The van der Waals surface area contributed by atoms with Crippen molar-refractivity contribution in [3.05, 3.63) is 29.8 Å². The van der Waals surface area contributed by atoms with Gasteiger partial charge in [0.25, 0.3) is 0 Å². The highest BCUT2D eigenvalue weighted by Crippen LogP contribution is 2.32. The first kappa shape index (κ1) is 14.5. The Balaban J connectivity index is 1.75. The average molecular weight is 303 g/mol. The van der Waals surface area contributed by atoms with Crippen LogP contribution in [0.2, 0.25) is 0 Å². The minimum absolute atomic E-state index is 0.0701. The molecule has 1 aliphatic carbocycles. The molecule has 1 aromatic carbocycles. The Hall–Kier alpha value is -1.46. The Morgan fingerprint density at radius 3 is 2.81 bits per heavy atom. The van der Waals surface area contributed by atoms with Crippen LogP contribution in [-0.2, 0) is 11.2 Å². The number of para-hydroxylation sites is 1. The average Bonchev–Trinajstić information content (AvgIpc) is 3.28. The molecule has 1 fully saturated rings. The third kappa shape index (κ3) is 3.41. The predicted octanol–water partition coefficient (Wildman–Crippen LogP) is 2.08. The Kier molecular flexibility index (Phi) is 4.22. The maximum Gasteiger partial charge on any atom is 0.241 e. The molecule has 1 aromatic rings. The van der Waals surface area contributed by atoms with Crippen molar-refractivity contribution in [2.24, 2.45) is 5.73 Å². The number of fused-ring (bicyclic) bond motifs is 1. The highest BCUT2D eigenvalue weighted by Gasteiger charge is 2.37. The molecule has 0 aromatic heterocycles. The zero-order valence-electron chi connectivity index (χ0n) is 12.0. The monoisotopic (exact) mass is 303 g/mol. The number of nitrogens with zero attached hydrogens (tertiary/aromatic N) is 1. The van der Waals surface area contributed by atoms with Crippen molar-refractivity contribution in [1.82, 2.24) is 4.90 Å². The molecule has 0 spiro atoms. The molecule has 3 rings (SSSR count). The van der Waals surface area contributed by atoms with Crippen molar-refractivity contribution < 1.29 is 4.79 Å². The lowest BCUT2D eigenvalue weighted by molar-refractivity contribution is -0.121. The lowest BCUT2D eigenvalue weighted by Gasteiger charge is -2.29. The molecule has 112 valence electrons. The molecule has 2 aliphatic rings. The van der Waals surface area contributed by atoms with Crippen LogP contribution in [0.3, 0.4) is 0 Å². The van der Waals surface area contributed by atoms with Crippen LogP contribution in [0.4, 0.5) is 5.69 Å². The highest BCUT2D eigenvalue weighted by molar-refractivity contribution is 7.80. The molecule has 1 aliphatic heterocycles. The number of hydrogen-bond acceptors (Lipinski definition) is 3. The number of carbonyl (C=O) groups is 1. The molecule has 4 nitrogen and oxygen atoms in total. The van der Waals surface area contributed by atoms with Gasteiger partial charge in [0.2, 0.25) is 5.91 Å². The van der Waals surface area contributed by atoms with Crippen molar-refractivity contribution in [2.75, 3.05) is 11.9 Å². The van der Waals surface area contributed by atoms with Crippen molar-refractivity contribution in [1.29, 1.82) is 0 Å². The largest absolute Gasteiger partial charge is 0.393 e. The second kappa shape index (κ2) is 6.12. The van der Waals surface area contributed by atoms with Crippen LogP contribution >= 0.6 is 12.2 Å². The predicted molar refractivity (Wildman–Crippen MR) is 88.3 cm³/mol. The smallest absolute Gasteiger partial charge is 0.241 e. The van der Waals surface area contributed by atoms with Gasteiger partial charge in [-0.2, -0.15) is 0 Å². The van der Waals surface area contributed by atoms with E-state index >= 15 is 0 Å². The molecule has 1 unspecified atom stereocenters. The second-order valence-corrected chi connectivity index (χ2v) is 6.41. The van der Waals surface area contributed by atoms with E-state index < -0.39 is 0 Å². The molecule has 1 heterocycles. The normalized spacial score (nSPS) is 21.6. The van der Waals surface area contributed by atoms with Crippen LogP contribution in [0, 0.1) is 0 Å². The lowest BCUT2D eigenvalue weighted by atomic mass is 10.0. The molecular weight excluding hydrogens is 282 g/mol. The van der Waals surface area contributed by atoms with Crippen molar-refractivity contribution in [3.8, 4) is 0 Å². The van der Waals surface area contributed by atoms with E-state index in [1.807, 2.05) is 18.2 Å². The first-order valence-electron chi connectivity index (χ1n) is 7.58. The summed E-state index contributed by atoms with van der Waals surface area (Å²) < 4.78 is 0. The number of thiocarbonyl (C=S) groups is 1. The first-order chi connectivity index (χ1) is 10.1. The fraction of sp³-hybridized carbons (Fsp3) is 0.500. The van der Waals surface area contributed by atoms with Gasteiger partial charge in [-0.3, -0.25) is 9.69 Å². The molecule has 5 heteroatoms. The van der Waals surface area contributed by atoms with Gasteiger partial charge in [-0.1, -0.05) is 30.4 Å². The van der Waals surface area contributed by atoms with Gasteiger partial charge in [0, 0.05) is 24.7 Å². The minimum atomic E-state index is -0.0701. The highest BCUT2D eigenvalue weighted by atomic mass is 32.1. The molecule has 1 amide bonds. The summed E-state index contributed by atoms with van der Waals surface area (Å²) in [5, 5.41) is 3.08. The number of hydrogen-bond donors (Lipinski definition) is 2. The molecule has 0 saturated heterocycles. The van der Waals surface area contributed by atoms with Crippen LogP contribution in [-0.4, -0.2) is 34.4 Å². The van der Waals surface area contributed by atoms with Gasteiger partial charge in [-0.25, -0.2) is 0 Å². The van der Waals surface area contributed by atoms with Crippen LogP contribution in [0.1, 0.15) is 31.2 Å². The van der Waals surface area contributed by atoms with Crippen molar-refractivity contribution >= 4 is 28.8 Å². The summed E-state index contributed by atoms with van der Waals surface area (Å²) in [5.74, 6) is 0.106. The lowest BCUT2D eigenvalue weighted by Crippen LogP contribution is -2.46. The number of aryl methyl sites for hydroxylation is 1. The topological polar surface area (TPSA) is 58.4 Å². The summed E-state index contributed by atoms with van der Waals surface area (Å²) in [5.41, 5.74) is 7.80. The number of amides is 1. The van der Waals surface area contributed by atoms with Gasteiger partial charge >= 0.3 is 0 Å². The molecule has 1 saturated carbocycles. The van der Waals surface area contributed by atoms with Crippen LogP contribution in [0.25, 0.3) is 0 Å². The minimum Gasteiger partial charge on any atom is -0.393 e. The summed E-state index contributed by atoms with van der Waals surface area (Å²) in [6, 6.07) is 8.51. The Bertz CT molecular complexity index is 556. The van der Waals surface area contributed by atoms with Gasteiger partial charge in [-0.05, 0) is 37.3 Å². The second-order valence-electron chi connectivity index (χ2n) is 5.89. The first-order valence-corrected chi connectivity index (χ1v) is 7.99. The number of nitrogens with two attached hydrogens (primary N) is 1. The van der Waals surface area contributed by atoms with E-state index in [1.165, 1.54) is 18.4 Å². The van der Waals surface area contributed by atoms with E-state index in [4.69, 9.17) is 18.0 Å². The number of nitrogens with one attached hydrogen (secondary N) is 1. The van der Waals surface area contributed by atoms with E-state index in [9.17, 15) is 4.79 Å². The maximum atomic E-state index is 12.6. The maximum absolute atomic E-state index is 12.6. The van der Waals surface area contributed by atoms with E-state index in [-0.39, 0.29) is 11.9 Å². The van der Waals surface area contributed by atoms with Crippen LogP contribution in [0.15, 0.2) is 24.3 Å². The van der Waals surface area contributed by atoms with Crippen LogP contribution in [0.5, 0.6) is 0 Å². The Morgan fingerprint density at radius 2 is 2.10 bits per heavy atom. The van der Waals surface area contributed by atoms with Crippen LogP contribution < -0.4 is 11.1 Å². The standard InChI is InChI=1S/C16H21N3OS/c17-15(21)9-10-19(12-6-7-12)14-8-5-11-3-1-2-4-13(11)18-16(14)20/h1-4,12,14H,5-10H2,(H2,17,21)(H,18,20). The molecule has 0 bridgehead atoms. The molecule has 21 heavy (non-hydrogen) atoms. The zero-order valence-corrected chi connectivity index (χ0v) is 12.9. The fourth-order valence-electron chi connectivity index (χ4n) is 3.05. The van der Waals surface area contributed by atoms with Gasteiger partial charge < -0.3 is 11.1 Å². The fourth-order valence-corrected chi connectivity index (χ4v) is 3.15. The summed E-state index contributed by atoms with van der Waals surface area (Å²) in [7, 11) is 0. The summed E-state index contributed by atoms with van der Waals surface area (Å²) >= 11 is 4.99. The van der Waals surface area contributed by atoms with E-state index in [1.54, 1.807) is 0 Å². The Labute approximate surface area is 130 Å². The van der Waals surface area contributed by atoms with E-state index in [2.05, 4.69) is 16.3 Å². The Morgan fingerprint density at radius 1 is 1.33 bits per heavy atom.